The highest BCUT2D eigenvalue weighted by atomic mass is 32.1. The summed E-state index contributed by atoms with van der Waals surface area (Å²) in [7, 11) is 0. The van der Waals surface area contributed by atoms with Gasteiger partial charge in [-0.3, -0.25) is 4.79 Å². The number of benzene rings is 3. The van der Waals surface area contributed by atoms with Gasteiger partial charge in [0.15, 0.2) is 11.6 Å². The van der Waals surface area contributed by atoms with Crippen LogP contribution in [0.25, 0.3) is 22.3 Å². The lowest BCUT2D eigenvalue weighted by atomic mass is 9.75. The molecule has 0 fully saturated rings. The van der Waals surface area contributed by atoms with Gasteiger partial charge in [-0.25, -0.2) is 18.7 Å². The molecule has 10 heteroatoms. The van der Waals surface area contributed by atoms with Crippen LogP contribution in [-0.4, -0.2) is 31.0 Å². The molecule has 3 aromatic heterocycles. The Balaban J connectivity index is 1.31. The highest BCUT2D eigenvalue weighted by Crippen LogP contribution is 2.40. The van der Waals surface area contributed by atoms with Gasteiger partial charge >= 0.3 is 5.97 Å². The Morgan fingerprint density at radius 2 is 1.98 bits per heavy atom. The Bertz CT molecular complexity index is 2080. The zero-order valence-electron chi connectivity index (χ0n) is 25.9. The minimum Gasteiger partial charge on any atom is -0.481 e. The van der Waals surface area contributed by atoms with Crippen molar-refractivity contribution >= 4 is 28.2 Å². The first-order valence-electron chi connectivity index (χ1n) is 15.8. The molecule has 3 N–H and O–H groups in total. The quantitative estimate of drug-likeness (QED) is 0.176. The van der Waals surface area contributed by atoms with Crippen LogP contribution in [0.4, 0.5) is 8.78 Å². The molecular formula is C37H34F2N4O3S. The molecule has 7 rings (SSSR count). The summed E-state index contributed by atoms with van der Waals surface area (Å²) >= 11 is 1.61. The lowest BCUT2D eigenvalue weighted by molar-refractivity contribution is -0.136. The summed E-state index contributed by atoms with van der Waals surface area (Å²) < 4.78 is 37.3. The number of nitrogens with one attached hydrogen (secondary N) is 2. The molecule has 240 valence electrons. The zero-order chi connectivity index (χ0) is 32.5. The van der Waals surface area contributed by atoms with Crippen molar-refractivity contribution in [3.05, 3.63) is 117 Å². The Hall–Kier alpha value is -4.83. The molecule has 3 aromatic carbocycles. The van der Waals surface area contributed by atoms with Gasteiger partial charge in [-0.15, -0.1) is 11.3 Å². The standard InChI is InChI=1S/C37H34F2N4O3S/c1-37(23-7-5-6-22(16-23)9-12-34(44)45)14-4-2-3-8-33-42-24(21-47-33)17-27-26-13-15-40-31(26)19-30(39)35(27)46-25-10-11-29(38)28(18-25)36-41-20-32(37)43-36/h5-7,10-11,13,15-16,18-21,40H,2-4,8-9,12,14,17H2,1H3,(H,41,43)(H,44,45). The average molecular weight is 653 g/mol. The molecule has 0 spiro atoms. The number of aryl methyl sites for hydroxylation is 2. The highest BCUT2D eigenvalue weighted by Gasteiger charge is 2.31. The molecule has 47 heavy (non-hydrogen) atoms. The number of aromatic amines is 2. The van der Waals surface area contributed by atoms with Crippen molar-refractivity contribution in [3.8, 4) is 22.9 Å². The molecule has 7 nitrogen and oxygen atoms in total. The number of rotatable bonds is 4. The SMILES string of the molecule is CC1(c2cccc(CCC(=O)O)c2)CCCCCc2nc(cs2)Cc2c(c(F)cc3[nH]ccc23)Oc2ccc(F)c(c2)-c2ncc1[nH]2. The molecule has 1 aliphatic rings. The van der Waals surface area contributed by atoms with E-state index in [0.29, 0.717) is 29.7 Å². The fourth-order valence-electron chi connectivity index (χ4n) is 6.53. The van der Waals surface area contributed by atoms with E-state index in [1.54, 1.807) is 29.8 Å². The maximum atomic E-state index is 15.7. The summed E-state index contributed by atoms with van der Waals surface area (Å²) in [6.07, 6.45) is 8.90. The first-order chi connectivity index (χ1) is 22.8. The molecule has 4 heterocycles. The summed E-state index contributed by atoms with van der Waals surface area (Å²) in [5.74, 6) is -1.15. The third-order valence-electron chi connectivity index (χ3n) is 9.17. The number of fused-ring (bicyclic) bond motifs is 10. The van der Waals surface area contributed by atoms with E-state index in [2.05, 4.69) is 34.0 Å². The largest absolute Gasteiger partial charge is 0.481 e. The van der Waals surface area contributed by atoms with Crippen molar-refractivity contribution in [2.75, 3.05) is 0 Å². The second kappa shape index (κ2) is 12.8. The fraction of sp³-hybridized carbons (Fsp3) is 0.270. The molecule has 0 amide bonds. The number of thiazole rings is 1. The second-order valence-electron chi connectivity index (χ2n) is 12.4. The van der Waals surface area contributed by atoms with Crippen molar-refractivity contribution < 1.29 is 23.4 Å². The Kier molecular flexibility index (Phi) is 8.36. The molecule has 6 aromatic rings. The topological polar surface area (TPSA) is 104 Å². The Morgan fingerprint density at radius 1 is 1.09 bits per heavy atom. The van der Waals surface area contributed by atoms with E-state index in [0.717, 1.165) is 65.0 Å². The molecular weight excluding hydrogens is 618 g/mol. The molecule has 1 unspecified atom stereocenters. The van der Waals surface area contributed by atoms with E-state index in [9.17, 15) is 9.90 Å². The molecule has 0 radical (unpaired) electrons. The van der Waals surface area contributed by atoms with E-state index in [4.69, 9.17) is 9.72 Å². The molecule has 0 aliphatic carbocycles. The van der Waals surface area contributed by atoms with Crippen LogP contribution in [0.15, 0.2) is 72.4 Å². The van der Waals surface area contributed by atoms with Gasteiger partial charge < -0.3 is 19.8 Å². The van der Waals surface area contributed by atoms with Crippen LogP contribution in [0.1, 0.15) is 72.1 Å². The van der Waals surface area contributed by atoms with Crippen molar-refractivity contribution in [1.82, 2.24) is 19.9 Å². The lowest BCUT2D eigenvalue weighted by Crippen LogP contribution is -2.24. The number of aromatic nitrogens is 4. The first-order valence-corrected chi connectivity index (χ1v) is 16.7. The summed E-state index contributed by atoms with van der Waals surface area (Å²) in [6.45, 7) is 2.15. The number of carbonyl (C=O) groups is 1. The van der Waals surface area contributed by atoms with Gasteiger partial charge in [0.1, 0.15) is 17.4 Å². The second-order valence-corrected chi connectivity index (χ2v) is 13.3. The number of halogens is 2. The van der Waals surface area contributed by atoms with Crippen LogP contribution in [-0.2, 0) is 29.5 Å². The molecule has 0 saturated heterocycles. The van der Waals surface area contributed by atoms with Crippen LogP contribution >= 0.6 is 11.3 Å². The van der Waals surface area contributed by atoms with Crippen LogP contribution in [0, 0.1) is 11.6 Å². The van der Waals surface area contributed by atoms with E-state index in [1.165, 1.54) is 18.2 Å². The van der Waals surface area contributed by atoms with Crippen LogP contribution < -0.4 is 4.74 Å². The van der Waals surface area contributed by atoms with Crippen molar-refractivity contribution in [1.29, 1.82) is 0 Å². The summed E-state index contributed by atoms with van der Waals surface area (Å²) in [4.78, 5) is 27.3. The van der Waals surface area contributed by atoms with Gasteiger partial charge in [-0.05, 0) is 68.0 Å². The smallest absolute Gasteiger partial charge is 0.303 e. The zero-order valence-corrected chi connectivity index (χ0v) is 26.7. The van der Waals surface area contributed by atoms with Gasteiger partial charge in [0, 0.05) is 64.3 Å². The summed E-state index contributed by atoms with van der Waals surface area (Å²) in [6, 6.07) is 15.7. The minimum absolute atomic E-state index is 0.0506. The third kappa shape index (κ3) is 6.30. The number of carboxylic acids is 1. The van der Waals surface area contributed by atoms with Gasteiger partial charge in [0.25, 0.3) is 0 Å². The predicted molar refractivity (Wildman–Crippen MR) is 178 cm³/mol. The maximum Gasteiger partial charge on any atom is 0.303 e. The van der Waals surface area contributed by atoms with Gasteiger partial charge in [-0.1, -0.05) is 37.1 Å². The highest BCUT2D eigenvalue weighted by molar-refractivity contribution is 7.09. The van der Waals surface area contributed by atoms with E-state index >= 15 is 8.78 Å². The van der Waals surface area contributed by atoms with Crippen LogP contribution in [0.3, 0.4) is 0 Å². The van der Waals surface area contributed by atoms with Crippen molar-refractivity contribution in [2.45, 2.75) is 63.7 Å². The number of H-pyrrole nitrogens is 2. The van der Waals surface area contributed by atoms with Crippen LogP contribution in [0.2, 0.25) is 0 Å². The summed E-state index contributed by atoms with van der Waals surface area (Å²) in [5.41, 5.74) is 4.68. The minimum atomic E-state index is -0.837. The molecule has 1 aliphatic heterocycles. The Morgan fingerprint density at radius 3 is 2.85 bits per heavy atom. The molecule has 0 saturated carbocycles. The number of imidazole rings is 1. The average Bonchev–Trinajstić information content (AvgIpc) is 3.84. The molecule has 1 atom stereocenters. The number of hydrogen-bond donors (Lipinski definition) is 3. The normalized spacial score (nSPS) is 16.9. The summed E-state index contributed by atoms with van der Waals surface area (Å²) in [5, 5.41) is 13.1. The first kappa shape index (κ1) is 30.8. The van der Waals surface area contributed by atoms with Crippen molar-refractivity contribution in [3.63, 3.8) is 0 Å². The van der Waals surface area contributed by atoms with Gasteiger partial charge in [0.2, 0.25) is 0 Å². The number of hydrogen-bond acceptors (Lipinski definition) is 5. The van der Waals surface area contributed by atoms with Gasteiger partial charge in [0.05, 0.1) is 16.3 Å². The maximum absolute atomic E-state index is 15.7. The number of carboxylic acid groups (broad SMARTS) is 1. The van der Waals surface area contributed by atoms with Gasteiger partial charge in [-0.2, -0.15) is 0 Å². The number of nitrogens with zero attached hydrogens (tertiary/aromatic N) is 2. The van der Waals surface area contributed by atoms with E-state index in [1.807, 2.05) is 23.6 Å². The van der Waals surface area contributed by atoms with E-state index < -0.39 is 23.0 Å². The predicted octanol–water partition coefficient (Wildman–Crippen LogP) is 9.12. The van der Waals surface area contributed by atoms with Crippen LogP contribution in [0.5, 0.6) is 11.5 Å². The number of ether oxygens (including phenoxy) is 1. The fourth-order valence-corrected chi connectivity index (χ4v) is 7.37. The molecule has 6 bridgehead atoms. The number of aliphatic carboxylic acids is 1. The monoisotopic (exact) mass is 652 g/mol. The van der Waals surface area contributed by atoms with E-state index in [-0.39, 0.29) is 23.5 Å². The Labute approximate surface area is 274 Å². The van der Waals surface area contributed by atoms with Crippen molar-refractivity contribution in [2.24, 2.45) is 0 Å². The third-order valence-corrected chi connectivity index (χ3v) is 10.1. The lowest BCUT2D eigenvalue weighted by Gasteiger charge is -2.30.